The van der Waals surface area contributed by atoms with Crippen LogP contribution in [0.25, 0.3) is 10.9 Å². The molecule has 0 saturated carbocycles. The van der Waals surface area contributed by atoms with Gasteiger partial charge in [-0.2, -0.15) is 0 Å². The maximum Gasteiger partial charge on any atom is 0.335 e. The number of hydrogen-bond acceptors (Lipinski definition) is 6. The van der Waals surface area contributed by atoms with Gasteiger partial charge in [0.2, 0.25) is 0 Å². The molecule has 0 aliphatic rings. The van der Waals surface area contributed by atoms with Crippen molar-refractivity contribution >= 4 is 39.2 Å². The zero-order chi connectivity index (χ0) is 14.1. The van der Waals surface area contributed by atoms with Crippen LogP contribution in [0.3, 0.4) is 0 Å². The molecule has 0 spiro atoms. The van der Waals surface area contributed by atoms with Crippen molar-refractivity contribution < 1.29 is 9.90 Å². The van der Waals surface area contributed by atoms with E-state index in [4.69, 9.17) is 5.11 Å². The minimum absolute atomic E-state index is 0.201. The summed E-state index contributed by atoms with van der Waals surface area (Å²) in [6.07, 6.45) is 3.18. The molecule has 0 amide bonds. The van der Waals surface area contributed by atoms with Crippen LogP contribution in [0.4, 0.5) is 10.9 Å². The van der Waals surface area contributed by atoms with Crippen molar-refractivity contribution in [3.8, 4) is 0 Å². The van der Waals surface area contributed by atoms with Gasteiger partial charge in [-0.1, -0.05) is 0 Å². The summed E-state index contributed by atoms with van der Waals surface area (Å²) in [6.45, 7) is 1.97. The number of benzene rings is 1. The van der Waals surface area contributed by atoms with Crippen LogP contribution < -0.4 is 5.32 Å². The first kappa shape index (κ1) is 12.5. The molecule has 0 unspecified atom stereocenters. The fraction of sp³-hybridized carbons (Fsp3) is 0.0769. The lowest BCUT2D eigenvalue weighted by Crippen LogP contribution is -1.99. The van der Waals surface area contributed by atoms with Gasteiger partial charge in [0.1, 0.15) is 12.1 Å². The predicted octanol–water partition coefficient (Wildman–Crippen LogP) is 2.84. The molecular formula is C13H10N4O2S. The molecule has 2 heterocycles. The van der Waals surface area contributed by atoms with Crippen LogP contribution in [-0.2, 0) is 0 Å². The van der Waals surface area contributed by atoms with E-state index in [0.29, 0.717) is 11.3 Å². The molecule has 0 aliphatic heterocycles. The molecule has 0 fully saturated rings. The van der Waals surface area contributed by atoms with Crippen molar-refractivity contribution in [1.82, 2.24) is 15.0 Å². The number of carbonyl (C=O) groups is 1. The monoisotopic (exact) mass is 286 g/mol. The second kappa shape index (κ2) is 4.86. The normalized spacial score (nSPS) is 10.7. The summed E-state index contributed by atoms with van der Waals surface area (Å²) >= 11 is 1.52. The van der Waals surface area contributed by atoms with Gasteiger partial charge in [-0.3, -0.25) is 0 Å². The number of aromatic carboxylic acids is 1. The van der Waals surface area contributed by atoms with Gasteiger partial charge in [-0.05, 0) is 25.1 Å². The standard InChI is InChI=1S/C13H10N4O2S/c1-7-5-14-13(20-7)17-11-9-3-2-8(12(18)19)4-10(9)15-6-16-11/h2-6H,1H3,(H,18,19)(H,14,15,16,17). The van der Waals surface area contributed by atoms with Crippen LogP contribution in [0.2, 0.25) is 0 Å². The molecule has 100 valence electrons. The summed E-state index contributed by atoms with van der Waals surface area (Å²) in [7, 11) is 0. The van der Waals surface area contributed by atoms with Crippen molar-refractivity contribution in [3.05, 3.63) is 41.2 Å². The highest BCUT2D eigenvalue weighted by Crippen LogP contribution is 2.26. The summed E-state index contributed by atoms with van der Waals surface area (Å²) in [5, 5.41) is 13.6. The highest BCUT2D eigenvalue weighted by Gasteiger charge is 2.09. The van der Waals surface area contributed by atoms with E-state index in [-0.39, 0.29) is 5.56 Å². The minimum atomic E-state index is -0.976. The predicted molar refractivity (Wildman–Crippen MR) is 76.6 cm³/mol. The van der Waals surface area contributed by atoms with Crippen molar-refractivity contribution in [2.24, 2.45) is 0 Å². The second-order valence-corrected chi connectivity index (χ2v) is 5.40. The van der Waals surface area contributed by atoms with E-state index in [2.05, 4.69) is 20.3 Å². The number of nitrogens with one attached hydrogen (secondary N) is 1. The Balaban J connectivity index is 2.05. The zero-order valence-corrected chi connectivity index (χ0v) is 11.3. The molecule has 0 radical (unpaired) electrons. The molecule has 1 aromatic carbocycles. The molecule has 20 heavy (non-hydrogen) atoms. The average Bonchev–Trinajstić information content (AvgIpc) is 2.84. The van der Waals surface area contributed by atoms with Gasteiger partial charge in [0.15, 0.2) is 5.13 Å². The minimum Gasteiger partial charge on any atom is -0.478 e. The van der Waals surface area contributed by atoms with Crippen molar-refractivity contribution in [2.75, 3.05) is 5.32 Å². The fourth-order valence-corrected chi connectivity index (χ4v) is 2.47. The third-order valence-corrected chi connectivity index (χ3v) is 3.56. The maximum atomic E-state index is 11.0. The molecule has 0 atom stereocenters. The molecule has 6 nitrogen and oxygen atoms in total. The van der Waals surface area contributed by atoms with Crippen LogP contribution in [0, 0.1) is 6.92 Å². The van der Waals surface area contributed by atoms with Gasteiger partial charge in [-0.25, -0.2) is 19.7 Å². The number of carboxylic acids is 1. The number of nitrogens with zero attached hydrogens (tertiary/aromatic N) is 3. The van der Waals surface area contributed by atoms with E-state index in [1.165, 1.54) is 29.8 Å². The SMILES string of the molecule is Cc1cnc(Nc2ncnc3cc(C(=O)O)ccc23)s1. The van der Waals surface area contributed by atoms with Gasteiger partial charge in [0, 0.05) is 16.5 Å². The van der Waals surface area contributed by atoms with Crippen LogP contribution in [0.15, 0.2) is 30.7 Å². The van der Waals surface area contributed by atoms with Crippen LogP contribution in [0.5, 0.6) is 0 Å². The lowest BCUT2D eigenvalue weighted by molar-refractivity contribution is 0.0697. The van der Waals surface area contributed by atoms with Crippen molar-refractivity contribution in [1.29, 1.82) is 0 Å². The quantitative estimate of drug-likeness (QED) is 0.769. The summed E-state index contributed by atoms with van der Waals surface area (Å²) in [5.74, 6) is -0.364. The van der Waals surface area contributed by atoms with Crippen LogP contribution in [-0.4, -0.2) is 26.0 Å². The molecular weight excluding hydrogens is 276 g/mol. The molecule has 0 aliphatic carbocycles. The van der Waals surface area contributed by atoms with Gasteiger partial charge >= 0.3 is 5.97 Å². The zero-order valence-electron chi connectivity index (χ0n) is 10.5. The summed E-state index contributed by atoms with van der Waals surface area (Å²) < 4.78 is 0. The van der Waals surface area contributed by atoms with E-state index in [1.807, 2.05) is 6.92 Å². The number of thiazole rings is 1. The van der Waals surface area contributed by atoms with Crippen LogP contribution in [0.1, 0.15) is 15.2 Å². The Hall–Kier alpha value is -2.54. The lowest BCUT2D eigenvalue weighted by Gasteiger charge is -2.06. The van der Waals surface area contributed by atoms with Crippen molar-refractivity contribution in [2.45, 2.75) is 6.92 Å². The number of hydrogen-bond donors (Lipinski definition) is 2. The molecule has 2 N–H and O–H groups in total. The topological polar surface area (TPSA) is 88.0 Å². The highest BCUT2D eigenvalue weighted by molar-refractivity contribution is 7.15. The highest BCUT2D eigenvalue weighted by atomic mass is 32.1. The van der Waals surface area contributed by atoms with E-state index in [0.717, 1.165) is 15.4 Å². The van der Waals surface area contributed by atoms with E-state index in [1.54, 1.807) is 12.3 Å². The summed E-state index contributed by atoms with van der Waals surface area (Å²) in [6, 6.07) is 4.76. The molecule has 2 aromatic heterocycles. The van der Waals surface area contributed by atoms with Crippen molar-refractivity contribution in [3.63, 3.8) is 0 Å². The number of fused-ring (bicyclic) bond motifs is 1. The lowest BCUT2D eigenvalue weighted by atomic mass is 10.1. The second-order valence-electron chi connectivity index (χ2n) is 4.16. The van der Waals surface area contributed by atoms with E-state index < -0.39 is 5.97 Å². The third kappa shape index (κ3) is 2.30. The smallest absolute Gasteiger partial charge is 0.335 e. The number of carboxylic acid groups (broad SMARTS) is 1. The maximum absolute atomic E-state index is 11.0. The average molecular weight is 286 g/mol. The first-order chi connectivity index (χ1) is 9.63. The number of anilines is 2. The van der Waals surface area contributed by atoms with Crippen LogP contribution >= 0.6 is 11.3 Å². The van der Waals surface area contributed by atoms with E-state index in [9.17, 15) is 4.79 Å². The molecule has 0 saturated heterocycles. The molecule has 3 rings (SSSR count). The van der Waals surface area contributed by atoms with Gasteiger partial charge < -0.3 is 10.4 Å². The Morgan fingerprint density at radius 2 is 2.15 bits per heavy atom. The largest absolute Gasteiger partial charge is 0.478 e. The first-order valence-electron chi connectivity index (χ1n) is 5.81. The number of aryl methyl sites for hydroxylation is 1. The Morgan fingerprint density at radius 3 is 2.85 bits per heavy atom. The molecule has 3 aromatic rings. The number of aromatic nitrogens is 3. The van der Waals surface area contributed by atoms with Gasteiger partial charge in [0.05, 0.1) is 11.1 Å². The Bertz CT molecular complexity index is 800. The molecule has 0 bridgehead atoms. The van der Waals surface area contributed by atoms with Gasteiger partial charge in [0.25, 0.3) is 0 Å². The Kier molecular flexibility index (Phi) is 3.03. The van der Waals surface area contributed by atoms with E-state index >= 15 is 0 Å². The Labute approximate surface area is 118 Å². The summed E-state index contributed by atoms with van der Waals surface area (Å²) in [5.41, 5.74) is 0.780. The third-order valence-electron chi connectivity index (χ3n) is 2.73. The fourth-order valence-electron chi connectivity index (χ4n) is 1.80. The summed E-state index contributed by atoms with van der Waals surface area (Å²) in [4.78, 5) is 24.6. The number of rotatable bonds is 3. The Morgan fingerprint density at radius 1 is 1.30 bits per heavy atom. The molecule has 7 heteroatoms. The van der Waals surface area contributed by atoms with Gasteiger partial charge in [-0.15, -0.1) is 11.3 Å². The first-order valence-corrected chi connectivity index (χ1v) is 6.62.